The quantitative estimate of drug-likeness (QED) is 0.692. The van der Waals surface area contributed by atoms with Crippen molar-refractivity contribution >= 4 is 17.9 Å². The predicted octanol–water partition coefficient (Wildman–Crippen LogP) is 2.28. The van der Waals surface area contributed by atoms with E-state index in [-0.39, 0.29) is 12.6 Å². The van der Waals surface area contributed by atoms with E-state index in [1.54, 1.807) is 19.0 Å². The number of carbonyl (C=O) groups excluding carboxylic acids is 1. The molecule has 2 aromatic heterocycles. The van der Waals surface area contributed by atoms with Crippen LogP contribution in [0.25, 0.3) is 5.69 Å². The number of nitrogens with zero attached hydrogens (tertiary/aromatic N) is 5. The van der Waals surface area contributed by atoms with Crippen LogP contribution in [0.5, 0.6) is 0 Å². The number of aromatic nitrogens is 4. The van der Waals surface area contributed by atoms with E-state index >= 15 is 0 Å². The maximum atomic E-state index is 12.6. The van der Waals surface area contributed by atoms with E-state index in [2.05, 4.69) is 15.0 Å². The second-order valence-electron chi connectivity index (χ2n) is 6.34. The zero-order valence-electron chi connectivity index (χ0n) is 15.8. The van der Waals surface area contributed by atoms with Gasteiger partial charge in [-0.25, -0.2) is 4.79 Å². The van der Waals surface area contributed by atoms with Crippen molar-refractivity contribution in [2.75, 3.05) is 24.7 Å². The molecule has 0 aliphatic rings. The summed E-state index contributed by atoms with van der Waals surface area (Å²) in [5, 5.41) is 0. The number of nitrogens with two attached hydrogens (primary N) is 1. The average molecular weight is 366 g/mol. The van der Waals surface area contributed by atoms with Gasteiger partial charge in [-0.05, 0) is 32.0 Å². The van der Waals surface area contributed by atoms with E-state index in [9.17, 15) is 4.79 Å². The molecule has 0 spiro atoms. The van der Waals surface area contributed by atoms with Crippen LogP contribution < -0.4 is 10.6 Å². The third kappa shape index (κ3) is 3.89. The highest BCUT2D eigenvalue weighted by Gasteiger charge is 2.18. The van der Waals surface area contributed by atoms with Crippen LogP contribution in [0.1, 0.15) is 27.6 Å². The molecule has 0 aliphatic heterocycles. The fourth-order valence-corrected chi connectivity index (χ4v) is 2.84. The highest BCUT2D eigenvalue weighted by atomic mass is 16.5. The minimum Gasteiger partial charge on any atom is -0.454 e. The van der Waals surface area contributed by atoms with Crippen LogP contribution >= 0.6 is 0 Å². The molecule has 3 aromatic rings. The summed E-state index contributed by atoms with van der Waals surface area (Å²) in [6, 6.07) is 11.7. The van der Waals surface area contributed by atoms with Crippen LogP contribution in [0.2, 0.25) is 0 Å². The van der Waals surface area contributed by atoms with Gasteiger partial charge in [0.1, 0.15) is 0 Å². The first-order valence-electron chi connectivity index (χ1n) is 8.46. The fraction of sp³-hybridized carbons (Fsp3) is 0.263. The van der Waals surface area contributed by atoms with E-state index in [1.165, 1.54) is 0 Å². The van der Waals surface area contributed by atoms with Crippen LogP contribution in [0.15, 0.2) is 36.4 Å². The maximum absolute atomic E-state index is 12.6. The van der Waals surface area contributed by atoms with Gasteiger partial charge >= 0.3 is 5.97 Å². The van der Waals surface area contributed by atoms with Crippen LogP contribution in [-0.2, 0) is 11.3 Å². The SMILES string of the molecule is Cc1cc(C(=O)OCc2nc(N)nc(N(C)C)n2)c(C)n1-c1ccccc1. The van der Waals surface area contributed by atoms with Gasteiger partial charge in [0.05, 0.1) is 5.56 Å². The molecule has 0 fully saturated rings. The fourth-order valence-electron chi connectivity index (χ4n) is 2.84. The number of anilines is 2. The number of benzene rings is 1. The average Bonchev–Trinajstić information content (AvgIpc) is 2.94. The molecule has 140 valence electrons. The van der Waals surface area contributed by atoms with Gasteiger partial charge in [-0.1, -0.05) is 18.2 Å². The van der Waals surface area contributed by atoms with E-state index in [1.807, 2.05) is 54.8 Å². The normalized spacial score (nSPS) is 10.7. The number of hydrogen-bond acceptors (Lipinski definition) is 7. The standard InChI is InChI=1S/C19H22N6O2/c1-12-10-15(13(2)25(12)14-8-6-5-7-9-14)17(26)27-11-16-21-18(20)23-19(22-16)24(3)4/h5-10H,11H2,1-4H3,(H2,20,21,22,23). The lowest BCUT2D eigenvalue weighted by Crippen LogP contribution is -2.17. The first-order chi connectivity index (χ1) is 12.9. The summed E-state index contributed by atoms with van der Waals surface area (Å²) in [4.78, 5) is 26.6. The zero-order valence-corrected chi connectivity index (χ0v) is 15.8. The summed E-state index contributed by atoms with van der Waals surface area (Å²) < 4.78 is 7.43. The Morgan fingerprint density at radius 3 is 2.52 bits per heavy atom. The number of aryl methyl sites for hydroxylation is 1. The second kappa shape index (κ2) is 7.45. The number of rotatable bonds is 5. The number of esters is 1. The van der Waals surface area contributed by atoms with Crippen LogP contribution in [-0.4, -0.2) is 39.6 Å². The third-order valence-electron chi connectivity index (χ3n) is 4.09. The summed E-state index contributed by atoms with van der Waals surface area (Å²) in [6.07, 6.45) is 0. The molecule has 0 amide bonds. The Hall–Kier alpha value is -3.42. The van der Waals surface area contributed by atoms with Gasteiger partial charge < -0.3 is 19.9 Å². The van der Waals surface area contributed by atoms with Gasteiger partial charge in [-0.15, -0.1) is 0 Å². The van der Waals surface area contributed by atoms with Crippen molar-refractivity contribution in [1.82, 2.24) is 19.5 Å². The number of nitrogen functional groups attached to an aromatic ring is 1. The van der Waals surface area contributed by atoms with Gasteiger partial charge in [0, 0.05) is 31.2 Å². The molecule has 0 radical (unpaired) electrons. The third-order valence-corrected chi connectivity index (χ3v) is 4.09. The van der Waals surface area contributed by atoms with Crippen molar-refractivity contribution in [3.63, 3.8) is 0 Å². The summed E-state index contributed by atoms with van der Waals surface area (Å²) in [5.74, 6) is 0.366. The predicted molar refractivity (Wildman–Crippen MR) is 103 cm³/mol. The van der Waals surface area contributed by atoms with E-state index < -0.39 is 5.97 Å². The minimum atomic E-state index is -0.435. The zero-order chi connectivity index (χ0) is 19.6. The first-order valence-corrected chi connectivity index (χ1v) is 8.46. The second-order valence-corrected chi connectivity index (χ2v) is 6.34. The summed E-state index contributed by atoms with van der Waals surface area (Å²) >= 11 is 0. The molecule has 2 N–H and O–H groups in total. The lowest BCUT2D eigenvalue weighted by molar-refractivity contribution is 0.0461. The van der Waals surface area contributed by atoms with Crippen molar-refractivity contribution in [3.05, 3.63) is 59.2 Å². The lowest BCUT2D eigenvalue weighted by Gasteiger charge is -2.12. The molecule has 8 nitrogen and oxygen atoms in total. The highest BCUT2D eigenvalue weighted by molar-refractivity contribution is 5.91. The Bertz CT molecular complexity index is 966. The van der Waals surface area contributed by atoms with Gasteiger partial charge in [-0.2, -0.15) is 15.0 Å². The van der Waals surface area contributed by atoms with Crippen molar-refractivity contribution in [2.45, 2.75) is 20.5 Å². The van der Waals surface area contributed by atoms with Crippen molar-refractivity contribution < 1.29 is 9.53 Å². The first kappa shape index (κ1) is 18.4. The Morgan fingerprint density at radius 2 is 1.85 bits per heavy atom. The van der Waals surface area contributed by atoms with E-state index in [0.29, 0.717) is 17.3 Å². The molecule has 2 heterocycles. The number of para-hydroxylation sites is 1. The molecule has 3 rings (SSSR count). The molecule has 0 atom stereocenters. The lowest BCUT2D eigenvalue weighted by atomic mass is 10.2. The Kier molecular flexibility index (Phi) is 5.07. The molecular formula is C19H22N6O2. The number of hydrogen-bond donors (Lipinski definition) is 1. The Morgan fingerprint density at radius 1 is 1.15 bits per heavy atom. The molecular weight excluding hydrogens is 344 g/mol. The molecule has 0 aliphatic carbocycles. The molecule has 8 heteroatoms. The van der Waals surface area contributed by atoms with Gasteiger partial charge in [0.2, 0.25) is 11.9 Å². The van der Waals surface area contributed by atoms with Crippen LogP contribution in [0.4, 0.5) is 11.9 Å². The molecule has 1 aromatic carbocycles. The molecule has 0 bridgehead atoms. The Balaban J connectivity index is 1.80. The smallest absolute Gasteiger partial charge is 0.340 e. The molecule has 0 unspecified atom stereocenters. The van der Waals surface area contributed by atoms with Crippen molar-refractivity contribution in [2.24, 2.45) is 0 Å². The highest BCUT2D eigenvalue weighted by Crippen LogP contribution is 2.21. The summed E-state index contributed by atoms with van der Waals surface area (Å²) in [7, 11) is 3.59. The molecule has 27 heavy (non-hydrogen) atoms. The Labute approximate surface area is 157 Å². The molecule has 0 saturated carbocycles. The summed E-state index contributed by atoms with van der Waals surface area (Å²) in [6.45, 7) is 3.76. The number of carbonyl (C=O) groups is 1. The monoisotopic (exact) mass is 366 g/mol. The van der Waals surface area contributed by atoms with Crippen molar-refractivity contribution in [1.29, 1.82) is 0 Å². The number of ether oxygens (including phenoxy) is 1. The van der Waals surface area contributed by atoms with Gasteiger partial charge in [0.25, 0.3) is 0 Å². The minimum absolute atomic E-state index is 0.0819. The molecule has 0 saturated heterocycles. The summed E-state index contributed by atoms with van der Waals surface area (Å²) in [5.41, 5.74) is 8.95. The van der Waals surface area contributed by atoms with Crippen LogP contribution in [0, 0.1) is 13.8 Å². The maximum Gasteiger partial charge on any atom is 0.340 e. The van der Waals surface area contributed by atoms with E-state index in [0.717, 1.165) is 17.1 Å². The van der Waals surface area contributed by atoms with Gasteiger partial charge in [-0.3, -0.25) is 0 Å². The van der Waals surface area contributed by atoms with E-state index in [4.69, 9.17) is 10.5 Å². The van der Waals surface area contributed by atoms with Crippen molar-refractivity contribution in [3.8, 4) is 5.69 Å². The largest absolute Gasteiger partial charge is 0.454 e. The topological polar surface area (TPSA) is 99.2 Å². The van der Waals surface area contributed by atoms with Gasteiger partial charge in [0.15, 0.2) is 12.4 Å². The van der Waals surface area contributed by atoms with Crippen LogP contribution in [0.3, 0.4) is 0 Å².